The summed E-state index contributed by atoms with van der Waals surface area (Å²) in [5.74, 6) is 0.361. The first-order valence-corrected chi connectivity index (χ1v) is 3.34. The third-order valence-corrected chi connectivity index (χ3v) is 1.45. The second-order valence-electron chi connectivity index (χ2n) is 2.57. The molecule has 0 aromatic rings. The lowest BCUT2D eigenvalue weighted by atomic mass is 10.1. The molecule has 0 aromatic carbocycles. The van der Waals surface area contributed by atoms with Gasteiger partial charge in [-0.15, -0.1) is 0 Å². The lowest BCUT2D eigenvalue weighted by molar-refractivity contribution is 0.0847. The van der Waals surface area contributed by atoms with Gasteiger partial charge in [0.2, 0.25) is 0 Å². The molecule has 0 aliphatic carbocycles. The first-order chi connectivity index (χ1) is 4.20. The van der Waals surface area contributed by atoms with Crippen molar-refractivity contribution in [2.45, 2.75) is 26.4 Å². The van der Waals surface area contributed by atoms with Crippen molar-refractivity contribution in [2.24, 2.45) is 5.92 Å². The number of hydrogen-bond acceptors (Lipinski definition) is 2. The van der Waals surface area contributed by atoms with E-state index in [9.17, 15) is 0 Å². The Morgan fingerprint density at radius 2 is 2.00 bits per heavy atom. The summed E-state index contributed by atoms with van der Waals surface area (Å²) in [4.78, 5) is 0. The summed E-state index contributed by atoms with van der Waals surface area (Å²) in [5, 5.41) is 8.62. The van der Waals surface area contributed by atoms with Gasteiger partial charge >= 0.3 is 0 Å². The molecule has 0 radical (unpaired) electrons. The van der Waals surface area contributed by atoms with Gasteiger partial charge in [-0.2, -0.15) is 0 Å². The number of rotatable bonds is 4. The second kappa shape index (κ2) is 4.77. The monoisotopic (exact) mass is 132 g/mol. The highest BCUT2D eigenvalue weighted by atomic mass is 16.5. The Hall–Kier alpha value is -0.0800. The van der Waals surface area contributed by atoms with Gasteiger partial charge in [-0.05, 0) is 19.3 Å². The van der Waals surface area contributed by atoms with Crippen molar-refractivity contribution in [3.63, 3.8) is 0 Å². The normalized spacial score (nSPS) is 17.3. The molecule has 0 saturated carbocycles. The summed E-state index contributed by atoms with van der Waals surface area (Å²) in [5.41, 5.74) is 0. The minimum atomic E-state index is 0.258. The fourth-order valence-corrected chi connectivity index (χ4v) is 0.737. The van der Waals surface area contributed by atoms with Crippen LogP contribution in [-0.2, 0) is 4.74 Å². The Labute approximate surface area is 56.8 Å². The molecular formula is C7H16O2. The average molecular weight is 132 g/mol. The van der Waals surface area contributed by atoms with Crippen molar-refractivity contribution in [1.29, 1.82) is 0 Å². The van der Waals surface area contributed by atoms with E-state index in [1.165, 1.54) is 0 Å². The number of methoxy groups -OCH3 is 1. The largest absolute Gasteiger partial charge is 0.396 e. The van der Waals surface area contributed by atoms with Crippen LogP contribution in [0, 0.1) is 5.92 Å². The van der Waals surface area contributed by atoms with E-state index in [2.05, 4.69) is 0 Å². The second-order valence-corrected chi connectivity index (χ2v) is 2.57. The molecule has 0 saturated heterocycles. The highest BCUT2D eigenvalue weighted by Crippen LogP contribution is 2.05. The molecule has 2 unspecified atom stereocenters. The number of aliphatic hydroxyl groups excluding tert-OH is 1. The molecule has 56 valence electrons. The molecule has 0 aliphatic heterocycles. The molecule has 0 spiro atoms. The van der Waals surface area contributed by atoms with Crippen molar-refractivity contribution >= 4 is 0 Å². The molecule has 2 nitrogen and oxygen atoms in total. The number of aliphatic hydroxyl groups is 1. The van der Waals surface area contributed by atoms with Crippen LogP contribution in [0.3, 0.4) is 0 Å². The zero-order valence-corrected chi connectivity index (χ0v) is 6.42. The van der Waals surface area contributed by atoms with Crippen LogP contribution in [0.25, 0.3) is 0 Å². The van der Waals surface area contributed by atoms with E-state index in [1.807, 2.05) is 13.8 Å². The van der Waals surface area contributed by atoms with Crippen LogP contribution in [0.2, 0.25) is 0 Å². The van der Waals surface area contributed by atoms with E-state index < -0.39 is 0 Å². The topological polar surface area (TPSA) is 29.5 Å². The molecule has 0 amide bonds. The molecule has 9 heavy (non-hydrogen) atoms. The fraction of sp³-hybridized carbons (Fsp3) is 1.00. The number of ether oxygens (including phenoxy) is 1. The van der Waals surface area contributed by atoms with Gasteiger partial charge in [0.1, 0.15) is 0 Å². The van der Waals surface area contributed by atoms with Crippen molar-refractivity contribution in [3.8, 4) is 0 Å². The highest BCUT2D eigenvalue weighted by molar-refractivity contribution is 4.55. The van der Waals surface area contributed by atoms with Crippen molar-refractivity contribution in [2.75, 3.05) is 13.7 Å². The quantitative estimate of drug-likeness (QED) is 0.619. The zero-order chi connectivity index (χ0) is 7.28. The Balaban J connectivity index is 3.22. The van der Waals surface area contributed by atoms with Gasteiger partial charge in [-0.1, -0.05) is 6.92 Å². The Kier molecular flexibility index (Phi) is 4.72. The third-order valence-electron chi connectivity index (χ3n) is 1.45. The predicted octanol–water partition coefficient (Wildman–Crippen LogP) is 1.04. The van der Waals surface area contributed by atoms with E-state index in [0.717, 1.165) is 6.42 Å². The van der Waals surface area contributed by atoms with Gasteiger partial charge in [0.15, 0.2) is 0 Å². The van der Waals surface area contributed by atoms with Gasteiger partial charge in [0.05, 0.1) is 6.10 Å². The predicted molar refractivity (Wildman–Crippen MR) is 37.3 cm³/mol. The van der Waals surface area contributed by atoms with E-state index >= 15 is 0 Å². The van der Waals surface area contributed by atoms with Gasteiger partial charge in [0.25, 0.3) is 0 Å². The molecule has 1 N–H and O–H groups in total. The summed E-state index contributed by atoms with van der Waals surface area (Å²) in [6, 6.07) is 0. The minimum Gasteiger partial charge on any atom is -0.396 e. The van der Waals surface area contributed by atoms with Crippen LogP contribution >= 0.6 is 0 Å². The van der Waals surface area contributed by atoms with E-state index in [-0.39, 0.29) is 12.7 Å². The van der Waals surface area contributed by atoms with Gasteiger partial charge in [-0.25, -0.2) is 0 Å². The number of hydrogen-bond donors (Lipinski definition) is 1. The standard InChI is InChI=1S/C7H16O2/c1-6(5-8)4-7(2)9-3/h6-8H,4-5H2,1-3H3. The third kappa shape index (κ3) is 4.43. The summed E-state index contributed by atoms with van der Waals surface area (Å²) >= 11 is 0. The molecule has 0 heterocycles. The minimum absolute atomic E-state index is 0.258. The average Bonchev–Trinajstić information content (AvgIpc) is 1.87. The molecule has 0 aliphatic rings. The Morgan fingerprint density at radius 1 is 1.44 bits per heavy atom. The van der Waals surface area contributed by atoms with Crippen LogP contribution in [-0.4, -0.2) is 24.9 Å². The lowest BCUT2D eigenvalue weighted by Crippen LogP contribution is -2.12. The van der Waals surface area contributed by atoms with Crippen molar-refractivity contribution in [1.82, 2.24) is 0 Å². The summed E-state index contributed by atoms with van der Waals surface area (Å²) in [7, 11) is 1.69. The van der Waals surface area contributed by atoms with Crippen LogP contribution in [0.4, 0.5) is 0 Å². The molecule has 2 heteroatoms. The van der Waals surface area contributed by atoms with Crippen LogP contribution in [0.5, 0.6) is 0 Å². The summed E-state index contributed by atoms with van der Waals surface area (Å²) < 4.78 is 5.01. The Bertz CT molecular complexity index is 55.9. The SMILES string of the molecule is COC(C)CC(C)CO. The summed E-state index contributed by atoms with van der Waals surface area (Å²) in [6.07, 6.45) is 1.21. The first kappa shape index (κ1) is 8.92. The first-order valence-electron chi connectivity index (χ1n) is 3.34. The van der Waals surface area contributed by atoms with Gasteiger partial charge < -0.3 is 9.84 Å². The molecule has 2 atom stereocenters. The zero-order valence-electron chi connectivity index (χ0n) is 6.42. The van der Waals surface area contributed by atoms with Crippen LogP contribution in [0.1, 0.15) is 20.3 Å². The van der Waals surface area contributed by atoms with Crippen molar-refractivity contribution in [3.05, 3.63) is 0 Å². The Morgan fingerprint density at radius 3 is 2.33 bits per heavy atom. The van der Waals surface area contributed by atoms with E-state index in [1.54, 1.807) is 7.11 Å². The molecular weight excluding hydrogens is 116 g/mol. The van der Waals surface area contributed by atoms with Gasteiger partial charge in [0, 0.05) is 13.7 Å². The van der Waals surface area contributed by atoms with E-state index in [4.69, 9.17) is 9.84 Å². The van der Waals surface area contributed by atoms with Crippen molar-refractivity contribution < 1.29 is 9.84 Å². The van der Waals surface area contributed by atoms with Gasteiger partial charge in [-0.3, -0.25) is 0 Å². The fourth-order valence-electron chi connectivity index (χ4n) is 0.737. The molecule has 0 aromatic heterocycles. The molecule has 0 bridgehead atoms. The maximum absolute atomic E-state index is 8.62. The van der Waals surface area contributed by atoms with Crippen LogP contribution in [0.15, 0.2) is 0 Å². The maximum Gasteiger partial charge on any atom is 0.0546 e. The summed E-state index contributed by atoms with van der Waals surface area (Å²) in [6.45, 7) is 4.27. The maximum atomic E-state index is 8.62. The lowest BCUT2D eigenvalue weighted by Gasteiger charge is -2.12. The van der Waals surface area contributed by atoms with E-state index in [0.29, 0.717) is 5.92 Å². The molecule has 0 rings (SSSR count). The molecule has 0 fully saturated rings. The van der Waals surface area contributed by atoms with Crippen LogP contribution < -0.4 is 0 Å². The highest BCUT2D eigenvalue weighted by Gasteiger charge is 2.05. The smallest absolute Gasteiger partial charge is 0.0546 e.